The van der Waals surface area contributed by atoms with E-state index >= 15 is 0 Å². The summed E-state index contributed by atoms with van der Waals surface area (Å²) in [5.41, 5.74) is 2.09. The number of nitrogens with zero attached hydrogens (tertiary/aromatic N) is 3. The van der Waals surface area contributed by atoms with Crippen LogP contribution in [-0.4, -0.2) is 43.6 Å². The lowest BCUT2D eigenvalue weighted by Crippen LogP contribution is -2.27. The van der Waals surface area contributed by atoms with Gasteiger partial charge in [0.15, 0.2) is 18.1 Å². The molecule has 2 rings (SSSR count). The van der Waals surface area contributed by atoms with Gasteiger partial charge in [-0.25, -0.2) is 4.98 Å². The lowest BCUT2D eigenvalue weighted by atomic mass is 10.1. The van der Waals surface area contributed by atoms with Crippen LogP contribution in [0.2, 0.25) is 0 Å². The van der Waals surface area contributed by atoms with E-state index in [1.54, 1.807) is 32.3 Å². The number of hydrogen-bond acceptors (Lipinski definition) is 6. The highest BCUT2D eigenvalue weighted by Crippen LogP contribution is 2.37. The highest BCUT2D eigenvalue weighted by Gasteiger charge is 2.15. The van der Waals surface area contributed by atoms with Crippen molar-refractivity contribution in [3.8, 4) is 17.6 Å². The predicted molar refractivity (Wildman–Crippen MR) is 105 cm³/mol. The van der Waals surface area contributed by atoms with Gasteiger partial charge in [-0.15, -0.1) is 11.3 Å². The van der Waals surface area contributed by atoms with Crippen molar-refractivity contribution in [1.82, 2.24) is 9.88 Å². The quantitative estimate of drug-likeness (QED) is 0.645. The van der Waals surface area contributed by atoms with Crippen LogP contribution in [0, 0.1) is 18.3 Å². The van der Waals surface area contributed by atoms with Crippen LogP contribution in [0.15, 0.2) is 22.0 Å². The lowest BCUT2D eigenvalue weighted by molar-refractivity contribution is -0.130. The van der Waals surface area contributed by atoms with Crippen LogP contribution in [-0.2, 0) is 4.79 Å². The van der Waals surface area contributed by atoms with E-state index in [0.717, 1.165) is 11.3 Å². The standard InChI is InChI=1S/C18H18BrN3O3S/c1-11-10-26-18(21-11)13(8-20)5-12-6-14(19)17(15(7-12)24-4)25-9-16(23)22(2)3/h5-7,10H,9H2,1-4H3/b13-5+. The maximum absolute atomic E-state index is 11.7. The van der Waals surface area contributed by atoms with Crippen molar-refractivity contribution in [2.75, 3.05) is 27.8 Å². The van der Waals surface area contributed by atoms with E-state index in [2.05, 4.69) is 27.0 Å². The molecular formula is C18H18BrN3O3S. The van der Waals surface area contributed by atoms with Crippen molar-refractivity contribution in [2.24, 2.45) is 0 Å². The molecule has 0 aliphatic carbocycles. The van der Waals surface area contributed by atoms with Gasteiger partial charge in [0.25, 0.3) is 5.91 Å². The summed E-state index contributed by atoms with van der Waals surface area (Å²) in [5.74, 6) is 0.738. The molecule has 1 amide bonds. The number of halogens is 1. The molecule has 0 atom stereocenters. The van der Waals surface area contributed by atoms with Gasteiger partial charge in [-0.3, -0.25) is 4.79 Å². The Bertz CT molecular complexity index is 884. The fourth-order valence-electron chi connectivity index (χ4n) is 2.01. The first-order chi connectivity index (χ1) is 12.3. The summed E-state index contributed by atoms with van der Waals surface area (Å²) in [6.07, 6.45) is 1.74. The number of rotatable bonds is 6. The molecule has 0 N–H and O–H groups in total. The monoisotopic (exact) mass is 435 g/mol. The zero-order chi connectivity index (χ0) is 19.3. The normalized spacial score (nSPS) is 11.0. The van der Waals surface area contributed by atoms with Crippen molar-refractivity contribution in [1.29, 1.82) is 5.26 Å². The molecule has 0 fully saturated rings. The average molecular weight is 436 g/mol. The molecule has 26 heavy (non-hydrogen) atoms. The summed E-state index contributed by atoms with van der Waals surface area (Å²) in [6.45, 7) is 1.79. The number of allylic oxidation sites excluding steroid dienone is 1. The van der Waals surface area contributed by atoms with E-state index in [-0.39, 0.29) is 12.5 Å². The SMILES string of the molecule is COc1cc(/C=C(\C#N)c2nc(C)cs2)cc(Br)c1OCC(=O)N(C)C. The smallest absolute Gasteiger partial charge is 0.259 e. The van der Waals surface area contributed by atoms with Gasteiger partial charge in [-0.1, -0.05) is 0 Å². The summed E-state index contributed by atoms with van der Waals surface area (Å²) >= 11 is 4.86. The second-order valence-electron chi connectivity index (χ2n) is 5.57. The molecule has 0 aliphatic heterocycles. The summed E-state index contributed by atoms with van der Waals surface area (Å²) in [5, 5.41) is 12.0. The number of ether oxygens (including phenoxy) is 2. The Morgan fingerprint density at radius 3 is 2.73 bits per heavy atom. The predicted octanol–water partition coefficient (Wildman–Crippen LogP) is 3.75. The van der Waals surface area contributed by atoms with E-state index in [4.69, 9.17) is 9.47 Å². The van der Waals surface area contributed by atoms with E-state index in [0.29, 0.717) is 26.6 Å². The zero-order valence-corrected chi connectivity index (χ0v) is 17.3. The number of hydrogen-bond donors (Lipinski definition) is 0. The third kappa shape index (κ3) is 4.84. The number of likely N-dealkylation sites (N-methyl/N-ethyl adjacent to an activating group) is 1. The molecule has 8 heteroatoms. The van der Waals surface area contributed by atoms with Crippen LogP contribution in [0.5, 0.6) is 11.5 Å². The number of carbonyl (C=O) groups excluding carboxylic acids is 1. The van der Waals surface area contributed by atoms with Gasteiger partial charge in [0, 0.05) is 25.2 Å². The van der Waals surface area contributed by atoms with Gasteiger partial charge in [-0.05, 0) is 46.6 Å². The Hall–Kier alpha value is -2.37. The van der Waals surface area contributed by atoms with Crippen LogP contribution in [0.4, 0.5) is 0 Å². The number of amides is 1. The van der Waals surface area contributed by atoms with Crippen LogP contribution in [0.3, 0.4) is 0 Å². The molecule has 1 aromatic heterocycles. The minimum absolute atomic E-state index is 0.0982. The minimum atomic E-state index is -0.158. The van der Waals surface area contributed by atoms with Crippen molar-refractivity contribution >= 4 is 44.8 Å². The van der Waals surface area contributed by atoms with Gasteiger partial charge in [0.05, 0.1) is 17.2 Å². The van der Waals surface area contributed by atoms with Crippen molar-refractivity contribution in [2.45, 2.75) is 6.92 Å². The summed E-state index contributed by atoms with van der Waals surface area (Å²) < 4.78 is 11.6. The second kappa shape index (κ2) is 8.83. The van der Waals surface area contributed by atoms with Gasteiger partial charge in [-0.2, -0.15) is 5.26 Å². The largest absolute Gasteiger partial charge is 0.493 e. The maximum Gasteiger partial charge on any atom is 0.259 e. The highest BCUT2D eigenvalue weighted by atomic mass is 79.9. The van der Waals surface area contributed by atoms with Gasteiger partial charge >= 0.3 is 0 Å². The van der Waals surface area contributed by atoms with Crippen LogP contribution in [0.1, 0.15) is 16.3 Å². The van der Waals surface area contributed by atoms with Crippen LogP contribution < -0.4 is 9.47 Å². The number of aromatic nitrogens is 1. The van der Waals surface area contributed by atoms with E-state index in [9.17, 15) is 10.1 Å². The molecule has 0 saturated heterocycles. The molecule has 0 radical (unpaired) electrons. The molecule has 0 bridgehead atoms. The Balaban J connectivity index is 2.34. The van der Waals surface area contributed by atoms with Crippen molar-refractivity contribution in [3.63, 3.8) is 0 Å². The number of carbonyl (C=O) groups is 1. The Morgan fingerprint density at radius 1 is 1.46 bits per heavy atom. The zero-order valence-electron chi connectivity index (χ0n) is 14.9. The van der Waals surface area contributed by atoms with Crippen molar-refractivity contribution < 1.29 is 14.3 Å². The van der Waals surface area contributed by atoms with Gasteiger partial charge < -0.3 is 14.4 Å². The molecular weight excluding hydrogens is 418 g/mol. The van der Waals surface area contributed by atoms with Crippen LogP contribution in [0.25, 0.3) is 11.6 Å². The number of benzene rings is 1. The van der Waals surface area contributed by atoms with Gasteiger partial charge in [0.1, 0.15) is 11.1 Å². The summed E-state index contributed by atoms with van der Waals surface area (Å²) in [7, 11) is 4.84. The third-order valence-corrected chi connectivity index (χ3v) is 4.95. The molecule has 0 unspecified atom stereocenters. The summed E-state index contributed by atoms with van der Waals surface area (Å²) in [6, 6.07) is 5.73. The van der Waals surface area contributed by atoms with E-state index in [1.807, 2.05) is 12.3 Å². The molecule has 6 nitrogen and oxygen atoms in total. The van der Waals surface area contributed by atoms with Crippen molar-refractivity contribution in [3.05, 3.63) is 38.3 Å². The number of thiazole rings is 1. The molecule has 1 aromatic carbocycles. The lowest BCUT2D eigenvalue weighted by Gasteiger charge is -2.15. The number of nitriles is 1. The first kappa shape index (κ1) is 19.9. The maximum atomic E-state index is 11.7. The number of methoxy groups -OCH3 is 1. The average Bonchev–Trinajstić information content (AvgIpc) is 3.03. The molecule has 136 valence electrons. The molecule has 0 aliphatic rings. The molecule has 1 heterocycles. The molecule has 0 saturated carbocycles. The highest BCUT2D eigenvalue weighted by molar-refractivity contribution is 9.10. The number of aryl methyl sites for hydroxylation is 1. The van der Waals surface area contributed by atoms with E-state index in [1.165, 1.54) is 23.3 Å². The second-order valence-corrected chi connectivity index (χ2v) is 7.29. The Labute approximate surface area is 164 Å². The fourth-order valence-corrected chi connectivity index (χ4v) is 3.35. The molecule has 2 aromatic rings. The van der Waals surface area contributed by atoms with E-state index < -0.39 is 0 Å². The summed E-state index contributed by atoms with van der Waals surface area (Å²) in [4.78, 5) is 17.5. The van der Waals surface area contributed by atoms with Crippen LogP contribution >= 0.6 is 27.3 Å². The third-order valence-electron chi connectivity index (χ3n) is 3.37. The van der Waals surface area contributed by atoms with Gasteiger partial charge in [0.2, 0.25) is 0 Å². The molecule has 0 spiro atoms. The Morgan fingerprint density at radius 2 is 2.19 bits per heavy atom. The fraction of sp³-hybridized carbons (Fsp3) is 0.278. The first-order valence-corrected chi connectivity index (χ1v) is 9.27. The first-order valence-electron chi connectivity index (χ1n) is 7.60. The Kier molecular flexibility index (Phi) is 6.77. The topological polar surface area (TPSA) is 75.5 Å². The minimum Gasteiger partial charge on any atom is -0.493 e.